The molecule has 1 aromatic heterocycles. The Balaban J connectivity index is 2.27. The normalized spacial score (nSPS) is 14.9. The Morgan fingerprint density at radius 1 is 1.62 bits per heavy atom. The highest BCUT2D eigenvalue weighted by Gasteiger charge is 2.31. The van der Waals surface area contributed by atoms with Crippen molar-refractivity contribution in [2.75, 3.05) is 23.5 Å². The second kappa shape index (κ2) is 4.58. The largest absolute Gasteiger partial charge is 0.395 e. The number of aliphatic hydroxyl groups excluding tert-OH is 1. The molecule has 0 aliphatic heterocycles. The van der Waals surface area contributed by atoms with E-state index in [-0.39, 0.29) is 24.4 Å². The number of nitrogens with zero attached hydrogens (tertiary/aromatic N) is 3. The first-order valence-corrected chi connectivity index (χ1v) is 5.13. The standard InChI is InChI=1S/C9H14FN5O/c10-7-5-12-9(14-11)13-8(7)15(3-4-16)6-1-2-6/h5-6,16H,1-4,11H2,(H,12,13,14). The van der Waals surface area contributed by atoms with Crippen molar-refractivity contribution in [2.45, 2.75) is 18.9 Å². The highest BCUT2D eigenvalue weighted by Crippen LogP contribution is 2.31. The lowest BCUT2D eigenvalue weighted by atomic mass is 10.4. The Labute approximate surface area is 92.3 Å². The molecule has 1 aliphatic carbocycles. The van der Waals surface area contributed by atoms with Crippen LogP contribution >= 0.6 is 0 Å². The van der Waals surface area contributed by atoms with Gasteiger partial charge in [-0.05, 0) is 12.8 Å². The van der Waals surface area contributed by atoms with Crippen LogP contribution in [0, 0.1) is 5.82 Å². The van der Waals surface area contributed by atoms with E-state index in [0.717, 1.165) is 19.0 Å². The van der Waals surface area contributed by atoms with Gasteiger partial charge in [0.15, 0.2) is 11.6 Å². The average Bonchev–Trinajstić information content (AvgIpc) is 3.11. The predicted octanol–water partition coefficient (Wildman–Crippen LogP) is -0.138. The Kier molecular flexibility index (Phi) is 3.16. The van der Waals surface area contributed by atoms with Crippen LogP contribution in [-0.2, 0) is 0 Å². The van der Waals surface area contributed by atoms with Gasteiger partial charge in [-0.3, -0.25) is 5.43 Å². The molecular formula is C9H14FN5O. The van der Waals surface area contributed by atoms with Crippen molar-refractivity contribution < 1.29 is 9.50 Å². The monoisotopic (exact) mass is 227 g/mol. The molecule has 0 radical (unpaired) electrons. The molecule has 1 saturated carbocycles. The molecule has 1 aliphatic rings. The van der Waals surface area contributed by atoms with Crippen LogP contribution in [0.25, 0.3) is 0 Å². The lowest BCUT2D eigenvalue weighted by Gasteiger charge is -2.22. The van der Waals surface area contributed by atoms with Crippen LogP contribution in [0.1, 0.15) is 12.8 Å². The van der Waals surface area contributed by atoms with Crippen LogP contribution in [0.15, 0.2) is 6.20 Å². The Morgan fingerprint density at radius 3 is 2.94 bits per heavy atom. The first kappa shape index (κ1) is 11.0. The summed E-state index contributed by atoms with van der Waals surface area (Å²) in [6.45, 7) is 0.327. The number of nitrogen functional groups attached to an aromatic ring is 1. The first-order chi connectivity index (χ1) is 7.76. The van der Waals surface area contributed by atoms with Gasteiger partial charge in [-0.15, -0.1) is 0 Å². The van der Waals surface area contributed by atoms with Gasteiger partial charge in [0.05, 0.1) is 12.8 Å². The zero-order valence-corrected chi connectivity index (χ0v) is 8.73. The highest BCUT2D eigenvalue weighted by molar-refractivity contribution is 5.45. The zero-order chi connectivity index (χ0) is 11.5. The van der Waals surface area contributed by atoms with E-state index in [4.69, 9.17) is 10.9 Å². The highest BCUT2D eigenvalue weighted by atomic mass is 19.1. The van der Waals surface area contributed by atoms with Crippen LogP contribution in [0.3, 0.4) is 0 Å². The van der Waals surface area contributed by atoms with Gasteiger partial charge in [0.1, 0.15) is 0 Å². The van der Waals surface area contributed by atoms with Crippen molar-refractivity contribution in [1.29, 1.82) is 0 Å². The van der Waals surface area contributed by atoms with Crippen LogP contribution in [0.2, 0.25) is 0 Å². The van der Waals surface area contributed by atoms with Crippen molar-refractivity contribution in [3.8, 4) is 0 Å². The molecule has 4 N–H and O–H groups in total. The van der Waals surface area contributed by atoms with Gasteiger partial charge in [-0.25, -0.2) is 15.2 Å². The molecule has 1 fully saturated rings. The number of halogens is 1. The minimum Gasteiger partial charge on any atom is -0.395 e. The molecule has 0 unspecified atom stereocenters. The summed E-state index contributed by atoms with van der Waals surface area (Å²) in [5, 5.41) is 8.94. The lowest BCUT2D eigenvalue weighted by molar-refractivity contribution is 0.300. The molecule has 88 valence electrons. The number of aliphatic hydroxyl groups is 1. The van der Waals surface area contributed by atoms with Crippen molar-refractivity contribution in [2.24, 2.45) is 5.84 Å². The molecule has 7 heteroatoms. The third-order valence-corrected chi connectivity index (χ3v) is 2.46. The van der Waals surface area contributed by atoms with Crippen molar-refractivity contribution >= 4 is 11.8 Å². The average molecular weight is 227 g/mol. The number of nitrogens with one attached hydrogen (secondary N) is 1. The van der Waals surface area contributed by atoms with Gasteiger partial charge in [0.25, 0.3) is 0 Å². The van der Waals surface area contributed by atoms with E-state index in [1.165, 1.54) is 0 Å². The van der Waals surface area contributed by atoms with Crippen molar-refractivity contribution in [1.82, 2.24) is 9.97 Å². The molecule has 0 spiro atoms. The van der Waals surface area contributed by atoms with E-state index in [1.807, 2.05) is 0 Å². The Morgan fingerprint density at radius 2 is 2.38 bits per heavy atom. The molecule has 16 heavy (non-hydrogen) atoms. The summed E-state index contributed by atoms with van der Waals surface area (Å²) in [6.07, 6.45) is 3.06. The number of hydrogen-bond acceptors (Lipinski definition) is 6. The van der Waals surface area contributed by atoms with E-state index in [2.05, 4.69) is 15.4 Å². The van der Waals surface area contributed by atoms with E-state index >= 15 is 0 Å². The maximum absolute atomic E-state index is 13.6. The summed E-state index contributed by atoms with van der Waals surface area (Å²) in [5.74, 6) is 5.03. The van der Waals surface area contributed by atoms with Crippen LogP contribution in [0.4, 0.5) is 16.2 Å². The Hall–Kier alpha value is -1.47. The first-order valence-electron chi connectivity index (χ1n) is 5.13. The summed E-state index contributed by atoms with van der Waals surface area (Å²) in [4.78, 5) is 9.38. The fourth-order valence-corrected chi connectivity index (χ4v) is 1.58. The predicted molar refractivity (Wildman–Crippen MR) is 57.3 cm³/mol. The lowest BCUT2D eigenvalue weighted by Crippen LogP contribution is -2.31. The third-order valence-electron chi connectivity index (χ3n) is 2.46. The van der Waals surface area contributed by atoms with E-state index in [9.17, 15) is 4.39 Å². The topological polar surface area (TPSA) is 87.3 Å². The zero-order valence-electron chi connectivity index (χ0n) is 8.73. The van der Waals surface area contributed by atoms with Gasteiger partial charge in [-0.2, -0.15) is 4.98 Å². The summed E-state index contributed by atoms with van der Waals surface area (Å²) < 4.78 is 13.6. The molecule has 1 aromatic rings. The van der Waals surface area contributed by atoms with Gasteiger partial charge in [0.2, 0.25) is 5.95 Å². The number of anilines is 2. The van der Waals surface area contributed by atoms with E-state index in [1.54, 1.807) is 4.90 Å². The number of nitrogens with two attached hydrogens (primary N) is 1. The smallest absolute Gasteiger partial charge is 0.239 e. The maximum Gasteiger partial charge on any atom is 0.239 e. The van der Waals surface area contributed by atoms with Gasteiger partial charge >= 0.3 is 0 Å². The summed E-state index contributed by atoms with van der Waals surface area (Å²) in [7, 11) is 0. The quantitative estimate of drug-likeness (QED) is 0.479. The van der Waals surface area contributed by atoms with Crippen molar-refractivity contribution in [3.05, 3.63) is 12.0 Å². The van der Waals surface area contributed by atoms with Crippen LogP contribution < -0.4 is 16.2 Å². The van der Waals surface area contributed by atoms with E-state index in [0.29, 0.717) is 6.54 Å². The summed E-state index contributed by atoms with van der Waals surface area (Å²) >= 11 is 0. The molecule has 0 amide bonds. The fraction of sp³-hybridized carbons (Fsp3) is 0.556. The molecule has 0 saturated heterocycles. The molecule has 6 nitrogen and oxygen atoms in total. The minimum atomic E-state index is -0.501. The number of hydrogen-bond donors (Lipinski definition) is 3. The van der Waals surface area contributed by atoms with Crippen molar-refractivity contribution in [3.63, 3.8) is 0 Å². The van der Waals surface area contributed by atoms with Crippen LogP contribution in [0.5, 0.6) is 0 Å². The number of hydrazine groups is 1. The third kappa shape index (κ3) is 2.20. The van der Waals surface area contributed by atoms with Gasteiger partial charge in [0, 0.05) is 12.6 Å². The number of aromatic nitrogens is 2. The molecule has 2 rings (SSSR count). The maximum atomic E-state index is 13.6. The van der Waals surface area contributed by atoms with Crippen LogP contribution in [-0.4, -0.2) is 34.3 Å². The summed E-state index contributed by atoms with van der Waals surface area (Å²) in [5.41, 5.74) is 2.27. The molecular weight excluding hydrogens is 213 g/mol. The molecule has 1 heterocycles. The Bertz CT molecular complexity index is 371. The molecule has 0 atom stereocenters. The fourth-order valence-electron chi connectivity index (χ4n) is 1.58. The summed E-state index contributed by atoms with van der Waals surface area (Å²) in [6, 6.07) is 0.266. The second-order valence-electron chi connectivity index (χ2n) is 3.66. The molecule has 0 bridgehead atoms. The molecule has 0 aromatic carbocycles. The SMILES string of the molecule is NNc1ncc(F)c(N(CCO)C2CC2)n1. The minimum absolute atomic E-state index is 0.0364. The second-order valence-corrected chi connectivity index (χ2v) is 3.66. The van der Waals surface area contributed by atoms with Gasteiger partial charge < -0.3 is 10.0 Å². The number of rotatable bonds is 5. The van der Waals surface area contributed by atoms with E-state index < -0.39 is 5.82 Å². The van der Waals surface area contributed by atoms with Gasteiger partial charge in [-0.1, -0.05) is 0 Å².